The van der Waals surface area contributed by atoms with E-state index in [0.29, 0.717) is 42.4 Å². The van der Waals surface area contributed by atoms with Gasteiger partial charge in [-0.05, 0) is 35.9 Å². The minimum atomic E-state index is -0.488. The first-order chi connectivity index (χ1) is 13.8. The third kappa shape index (κ3) is 4.27. The number of amides is 1. The Morgan fingerprint density at radius 1 is 1.14 bits per heavy atom. The Hall–Kier alpha value is -2.08. The molecule has 2 heterocycles. The summed E-state index contributed by atoms with van der Waals surface area (Å²) in [5.74, 6) is 0.294. The Balaban J connectivity index is 1.71. The fourth-order valence-electron chi connectivity index (χ4n) is 4.17. The topological polar surface area (TPSA) is 64.9 Å². The predicted octanol–water partition coefficient (Wildman–Crippen LogP) is 4.56. The molecule has 2 aromatic rings. The number of aromatic hydroxyl groups is 1. The van der Waals surface area contributed by atoms with E-state index in [1.807, 2.05) is 29.2 Å². The van der Waals surface area contributed by atoms with Crippen LogP contribution in [0.15, 0.2) is 47.5 Å². The maximum absolute atomic E-state index is 11.8. The van der Waals surface area contributed by atoms with Gasteiger partial charge in [-0.2, -0.15) is 0 Å². The van der Waals surface area contributed by atoms with E-state index < -0.39 is 5.66 Å². The van der Waals surface area contributed by atoms with Crippen LogP contribution in [0.5, 0.6) is 5.75 Å². The quantitative estimate of drug-likeness (QED) is 0.731. The lowest BCUT2D eigenvalue weighted by Gasteiger charge is -2.45. The molecule has 0 aromatic heterocycles. The number of phenolic OH excluding ortho intramolecular Hbond substituents is 1. The number of carbonyl (C=O) groups excluding carboxylic acids is 1. The maximum Gasteiger partial charge on any atom is 0.219 e. The summed E-state index contributed by atoms with van der Waals surface area (Å²) < 4.78 is 0. The van der Waals surface area contributed by atoms with E-state index in [-0.39, 0.29) is 17.7 Å². The van der Waals surface area contributed by atoms with Crippen molar-refractivity contribution in [3.8, 4) is 5.75 Å². The van der Waals surface area contributed by atoms with Gasteiger partial charge in [0.1, 0.15) is 11.4 Å². The number of rotatable bonds is 2. The number of phenols is 1. The number of benzene rings is 2. The Kier molecular flexibility index (Phi) is 5.56. The van der Waals surface area contributed by atoms with Crippen LogP contribution < -0.4 is 5.32 Å². The molecule has 152 valence electrons. The van der Waals surface area contributed by atoms with E-state index in [9.17, 15) is 9.90 Å². The van der Waals surface area contributed by atoms with Gasteiger partial charge in [0.05, 0.1) is 0 Å². The van der Waals surface area contributed by atoms with Gasteiger partial charge in [0.15, 0.2) is 0 Å². The van der Waals surface area contributed by atoms with Crippen molar-refractivity contribution in [3.63, 3.8) is 0 Å². The van der Waals surface area contributed by atoms with Gasteiger partial charge in [-0.15, -0.1) is 0 Å². The van der Waals surface area contributed by atoms with E-state index in [2.05, 4.69) is 5.32 Å². The molecule has 0 radical (unpaired) electrons. The van der Waals surface area contributed by atoms with Crippen molar-refractivity contribution in [1.82, 2.24) is 10.2 Å². The van der Waals surface area contributed by atoms with Gasteiger partial charge in [0.2, 0.25) is 5.91 Å². The maximum atomic E-state index is 11.8. The van der Waals surface area contributed by atoms with Crippen molar-refractivity contribution in [2.75, 3.05) is 13.1 Å². The lowest BCUT2D eigenvalue weighted by Crippen LogP contribution is -2.56. The average molecular weight is 432 g/mol. The molecule has 0 unspecified atom stereocenters. The Morgan fingerprint density at radius 3 is 2.45 bits per heavy atom. The van der Waals surface area contributed by atoms with Crippen molar-refractivity contribution in [3.05, 3.63) is 63.6 Å². The number of halogens is 2. The molecule has 7 heteroatoms. The highest BCUT2D eigenvalue weighted by molar-refractivity contribution is 6.31. The molecule has 0 aliphatic carbocycles. The molecule has 0 saturated carbocycles. The molecule has 2 N–H and O–H groups in total. The van der Waals surface area contributed by atoms with Crippen LogP contribution in [-0.4, -0.2) is 40.4 Å². The average Bonchev–Trinajstić information content (AvgIpc) is 2.70. The van der Waals surface area contributed by atoms with Crippen LogP contribution in [0.4, 0.5) is 0 Å². The number of hydrogen-bond donors (Lipinski definition) is 2. The highest BCUT2D eigenvalue weighted by Gasteiger charge is 2.41. The summed E-state index contributed by atoms with van der Waals surface area (Å²) in [5, 5.41) is 15.4. The molecule has 2 aromatic carbocycles. The fourth-order valence-corrected chi connectivity index (χ4v) is 4.48. The molecule has 0 bridgehead atoms. The highest BCUT2D eigenvalue weighted by atomic mass is 35.5. The van der Waals surface area contributed by atoms with Crippen LogP contribution in [-0.2, 0) is 4.79 Å². The van der Waals surface area contributed by atoms with Gasteiger partial charge in [0, 0.05) is 66.6 Å². The summed E-state index contributed by atoms with van der Waals surface area (Å²) in [7, 11) is 0. The molecule has 1 fully saturated rings. The fraction of sp³-hybridized carbons (Fsp3) is 0.364. The molecule has 5 nitrogen and oxygen atoms in total. The van der Waals surface area contributed by atoms with Crippen LogP contribution in [0, 0.1) is 0 Å². The lowest BCUT2D eigenvalue weighted by atomic mass is 9.87. The lowest BCUT2D eigenvalue weighted by molar-refractivity contribution is -0.130. The number of nitrogens with zero attached hydrogens (tertiary/aromatic N) is 2. The standard InChI is InChI=1S/C22H23Cl2N3O2/c1-14(28)27-10-8-22(9-11-27)25-19(15-2-4-16(23)5-3-15)13-20(26-22)18-12-17(24)6-7-21(18)29/h2-7,12,20,26,29H,8-11,13H2,1H3/t20-/m1/s1. The SMILES string of the molecule is CC(=O)N1CCC2(CC1)N=C(c1ccc(Cl)cc1)C[C@H](c1cc(Cl)ccc1O)N2. The second-order valence-electron chi connectivity index (χ2n) is 7.71. The summed E-state index contributed by atoms with van der Waals surface area (Å²) in [6.07, 6.45) is 2.04. The van der Waals surface area contributed by atoms with Gasteiger partial charge in [-0.25, -0.2) is 0 Å². The molecule has 1 atom stereocenters. The van der Waals surface area contributed by atoms with Crippen molar-refractivity contribution in [1.29, 1.82) is 0 Å². The highest BCUT2D eigenvalue weighted by Crippen LogP contribution is 2.38. The molecular formula is C22H23Cl2N3O2. The Bertz CT molecular complexity index is 951. The van der Waals surface area contributed by atoms with Crippen molar-refractivity contribution >= 4 is 34.8 Å². The third-order valence-corrected chi connectivity index (χ3v) is 6.25. The minimum absolute atomic E-state index is 0.0848. The van der Waals surface area contributed by atoms with Crippen LogP contribution in [0.25, 0.3) is 0 Å². The second-order valence-corrected chi connectivity index (χ2v) is 8.58. The third-order valence-electron chi connectivity index (χ3n) is 5.77. The van der Waals surface area contributed by atoms with Crippen LogP contribution in [0.1, 0.15) is 43.4 Å². The van der Waals surface area contributed by atoms with Crippen LogP contribution in [0.2, 0.25) is 10.0 Å². The van der Waals surface area contributed by atoms with Gasteiger partial charge in [-0.1, -0.05) is 35.3 Å². The molecule has 1 spiro atoms. The smallest absolute Gasteiger partial charge is 0.219 e. The number of nitrogens with one attached hydrogen (secondary N) is 1. The molecule has 1 amide bonds. The summed E-state index contributed by atoms with van der Waals surface area (Å²) in [6.45, 7) is 2.89. The Labute approximate surface area is 180 Å². The van der Waals surface area contributed by atoms with Crippen molar-refractivity contribution < 1.29 is 9.90 Å². The molecular weight excluding hydrogens is 409 g/mol. The van der Waals surface area contributed by atoms with Crippen molar-refractivity contribution in [2.45, 2.75) is 37.9 Å². The zero-order chi connectivity index (χ0) is 20.6. The normalized spacial score (nSPS) is 21.1. The van der Waals surface area contributed by atoms with E-state index in [1.165, 1.54) is 0 Å². The molecule has 29 heavy (non-hydrogen) atoms. The van der Waals surface area contributed by atoms with E-state index in [4.69, 9.17) is 28.2 Å². The first-order valence-electron chi connectivity index (χ1n) is 9.71. The van der Waals surface area contributed by atoms with E-state index >= 15 is 0 Å². The first kappa shape index (κ1) is 20.2. The van der Waals surface area contributed by atoms with E-state index in [1.54, 1.807) is 25.1 Å². The first-order valence-corrected chi connectivity index (χ1v) is 10.5. The molecule has 2 aliphatic rings. The van der Waals surface area contributed by atoms with Crippen LogP contribution >= 0.6 is 23.2 Å². The van der Waals surface area contributed by atoms with Gasteiger partial charge < -0.3 is 10.0 Å². The number of piperidine rings is 1. The number of aliphatic imine (C=N–C) groups is 1. The second kappa shape index (κ2) is 7.98. The number of hydrogen-bond acceptors (Lipinski definition) is 4. The van der Waals surface area contributed by atoms with E-state index in [0.717, 1.165) is 16.8 Å². The molecule has 1 saturated heterocycles. The summed E-state index contributed by atoms with van der Waals surface area (Å²) in [4.78, 5) is 18.7. The van der Waals surface area contributed by atoms with Crippen molar-refractivity contribution in [2.24, 2.45) is 4.99 Å². The predicted molar refractivity (Wildman–Crippen MR) is 116 cm³/mol. The molecule has 4 rings (SSSR count). The zero-order valence-corrected chi connectivity index (χ0v) is 17.7. The number of likely N-dealkylation sites (tertiary alicyclic amines) is 1. The van der Waals surface area contributed by atoms with Gasteiger partial charge in [0.25, 0.3) is 0 Å². The minimum Gasteiger partial charge on any atom is -0.508 e. The largest absolute Gasteiger partial charge is 0.508 e. The zero-order valence-electron chi connectivity index (χ0n) is 16.2. The summed E-state index contributed by atoms with van der Waals surface area (Å²) in [5.41, 5.74) is 2.24. The van der Waals surface area contributed by atoms with Gasteiger partial charge in [-0.3, -0.25) is 15.1 Å². The monoisotopic (exact) mass is 431 g/mol. The summed E-state index contributed by atoms with van der Waals surface area (Å²) >= 11 is 12.3. The summed E-state index contributed by atoms with van der Waals surface area (Å²) in [6, 6.07) is 12.6. The van der Waals surface area contributed by atoms with Gasteiger partial charge >= 0.3 is 0 Å². The number of carbonyl (C=O) groups is 1. The Morgan fingerprint density at radius 2 is 1.79 bits per heavy atom. The van der Waals surface area contributed by atoms with Crippen LogP contribution in [0.3, 0.4) is 0 Å². The molecule has 2 aliphatic heterocycles.